The van der Waals surface area contributed by atoms with Crippen LogP contribution in [0.3, 0.4) is 0 Å². The first-order valence-corrected chi connectivity index (χ1v) is 8.47. The number of aromatic nitrogens is 1. The summed E-state index contributed by atoms with van der Waals surface area (Å²) in [5, 5.41) is 4.18. The molecule has 120 valence electrons. The van der Waals surface area contributed by atoms with Crippen molar-refractivity contribution in [1.29, 1.82) is 0 Å². The molecule has 2 heterocycles. The molecular weight excluding hydrogens is 356 g/mol. The van der Waals surface area contributed by atoms with Gasteiger partial charge in [0.25, 0.3) is 0 Å². The van der Waals surface area contributed by atoms with Crippen LogP contribution < -0.4 is 5.32 Å². The minimum atomic E-state index is 0.0226. The fraction of sp³-hybridized carbons (Fsp3) is 0.278. The highest BCUT2D eigenvalue weighted by Crippen LogP contribution is 2.20. The Kier molecular flexibility index (Phi) is 4.86. The minimum Gasteiger partial charge on any atom is -0.469 e. The lowest BCUT2D eigenvalue weighted by Crippen LogP contribution is -2.35. The molecule has 0 bridgehead atoms. The number of fused-ring (bicyclic) bond motifs is 1. The zero-order chi connectivity index (χ0) is 16.2. The molecule has 0 saturated heterocycles. The van der Waals surface area contributed by atoms with Gasteiger partial charge in [-0.2, -0.15) is 0 Å². The molecule has 1 aromatic carbocycles. The van der Waals surface area contributed by atoms with E-state index in [1.54, 1.807) is 6.26 Å². The molecule has 1 atom stereocenters. The highest BCUT2D eigenvalue weighted by atomic mass is 79.9. The second-order valence-electron chi connectivity index (χ2n) is 5.73. The molecule has 5 heteroatoms. The lowest BCUT2D eigenvalue weighted by Gasteiger charge is -2.14. The summed E-state index contributed by atoms with van der Waals surface area (Å²) in [6, 6.07) is 12.1. The van der Waals surface area contributed by atoms with Gasteiger partial charge in [0.1, 0.15) is 12.3 Å². The van der Waals surface area contributed by atoms with E-state index in [1.165, 1.54) is 0 Å². The van der Waals surface area contributed by atoms with Gasteiger partial charge in [-0.05, 0) is 49.1 Å². The summed E-state index contributed by atoms with van der Waals surface area (Å²) in [7, 11) is 0. The number of carbonyl (C=O) groups is 1. The van der Waals surface area contributed by atoms with E-state index in [9.17, 15) is 4.79 Å². The SMILES string of the molecule is C[C@@H](CCc1ccco1)NC(=O)Cn1ccc2ccc(Br)cc21. The third-order valence-electron chi connectivity index (χ3n) is 3.86. The number of hydrogen-bond donors (Lipinski definition) is 1. The summed E-state index contributed by atoms with van der Waals surface area (Å²) in [6.07, 6.45) is 5.31. The Labute approximate surface area is 143 Å². The van der Waals surface area contributed by atoms with E-state index in [1.807, 2.05) is 54.1 Å². The molecule has 4 nitrogen and oxygen atoms in total. The summed E-state index contributed by atoms with van der Waals surface area (Å²) >= 11 is 3.47. The largest absolute Gasteiger partial charge is 0.469 e. The van der Waals surface area contributed by atoms with E-state index in [0.717, 1.165) is 34.0 Å². The van der Waals surface area contributed by atoms with Gasteiger partial charge in [-0.15, -0.1) is 0 Å². The Bertz CT molecular complexity index is 793. The average molecular weight is 375 g/mol. The molecule has 2 aromatic heterocycles. The summed E-state index contributed by atoms with van der Waals surface area (Å²) in [6.45, 7) is 2.34. The van der Waals surface area contributed by atoms with E-state index in [4.69, 9.17) is 4.42 Å². The smallest absolute Gasteiger partial charge is 0.240 e. The predicted molar refractivity (Wildman–Crippen MR) is 94.3 cm³/mol. The van der Waals surface area contributed by atoms with Crippen molar-refractivity contribution in [2.45, 2.75) is 32.4 Å². The molecule has 1 N–H and O–H groups in total. The van der Waals surface area contributed by atoms with Gasteiger partial charge in [-0.3, -0.25) is 4.79 Å². The second-order valence-corrected chi connectivity index (χ2v) is 6.65. The zero-order valence-corrected chi connectivity index (χ0v) is 14.5. The van der Waals surface area contributed by atoms with Crippen molar-refractivity contribution in [3.05, 3.63) is 59.1 Å². The first-order chi connectivity index (χ1) is 11.1. The van der Waals surface area contributed by atoms with Crippen LogP contribution in [0.5, 0.6) is 0 Å². The molecule has 1 amide bonds. The van der Waals surface area contributed by atoms with Gasteiger partial charge < -0.3 is 14.3 Å². The van der Waals surface area contributed by atoms with Crippen LogP contribution in [0.4, 0.5) is 0 Å². The van der Waals surface area contributed by atoms with E-state index in [2.05, 4.69) is 21.2 Å². The molecule has 3 aromatic rings. The van der Waals surface area contributed by atoms with Gasteiger partial charge in [0, 0.05) is 28.6 Å². The molecule has 0 radical (unpaired) electrons. The number of benzene rings is 1. The molecule has 0 aliphatic rings. The van der Waals surface area contributed by atoms with E-state index >= 15 is 0 Å². The number of amides is 1. The van der Waals surface area contributed by atoms with Gasteiger partial charge in [0.05, 0.1) is 6.26 Å². The lowest BCUT2D eigenvalue weighted by atomic mass is 10.1. The Hall–Kier alpha value is -2.01. The number of halogens is 1. The summed E-state index contributed by atoms with van der Waals surface area (Å²) < 4.78 is 8.29. The van der Waals surface area contributed by atoms with Gasteiger partial charge in [-0.25, -0.2) is 0 Å². The van der Waals surface area contributed by atoms with Crippen molar-refractivity contribution < 1.29 is 9.21 Å². The van der Waals surface area contributed by atoms with Crippen molar-refractivity contribution in [3.8, 4) is 0 Å². The monoisotopic (exact) mass is 374 g/mol. The van der Waals surface area contributed by atoms with Gasteiger partial charge in [-0.1, -0.05) is 22.0 Å². The van der Waals surface area contributed by atoms with Crippen LogP contribution in [0.1, 0.15) is 19.1 Å². The molecule has 0 aliphatic heterocycles. The van der Waals surface area contributed by atoms with E-state index < -0.39 is 0 Å². The summed E-state index contributed by atoms with van der Waals surface area (Å²) in [4.78, 5) is 12.2. The normalized spacial score (nSPS) is 12.4. The van der Waals surface area contributed by atoms with Crippen molar-refractivity contribution in [1.82, 2.24) is 9.88 Å². The number of carbonyl (C=O) groups excluding carboxylic acids is 1. The second kappa shape index (κ2) is 7.04. The molecule has 0 fully saturated rings. The summed E-state index contributed by atoms with van der Waals surface area (Å²) in [5.74, 6) is 0.974. The third-order valence-corrected chi connectivity index (χ3v) is 4.35. The Morgan fingerprint density at radius 2 is 2.22 bits per heavy atom. The number of hydrogen-bond acceptors (Lipinski definition) is 2. The van der Waals surface area contributed by atoms with Crippen molar-refractivity contribution in [3.63, 3.8) is 0 Å². The van der Waals surface area contributed by atoms with Crippen LogP contribution in [0, 0.1) is 0 Å². The van der Waals surface area contributed by atoms with Crippen molar-refractivity contribution in [2.24, 2.45) is 0 Å². The summed E-state index contributed by atoms with van der Waals surface area (Å²) in [5.41, 5.74) is 1.05. The Morgan fingerprint density at radius 1 is 1.35 bits per heavy atom. The maximum Gasteiger partial charge on any atom is 0.240 e. The van der Waals surface area contributed by atoms with Crippen LogP contribution >= 0.6 is 15.9 Å². The first kappa shape index (κ1) is 15.9. The van der Waals surface area contributed by atoms with Gasteiger partial charge in [0.15, 0.2) is 0 Å². The number of aryl methyl sites for hydroxylation is 1. The molecule has 0 aliphatic carbocycles. The standard InChI is InChI=1S/C18H19BrN2O2/c1-13(4-7-16-3-2-10-23-16)20-18(22)12-21-9-8-14-5-6-15(19)11-17(14)21/h2-3,5-6,8-11,13H,4,7,12H2,1H3,(H,20,22)/t13-/m0/s1. The Balaban J connectivity index is 1.56. The molecule has 0 unspecified atom stereocenters. The van der Waals surface area contributed by atoms with Crippen LogP contribution in [-0.4, -0.2) is 16.5 Å². The third kappa shape index (κ3) is 4.05. The maximum atomic E-state index is 12.2. The van der Waals surface area contributed by atoms with Crippen LogP contribution in [0.25, 0.3) is 10.9 Å². The van der Waals surface area contributed by atoms with Crippen molar-refractivity contribution >= 4 is 32.7 Å². The molecule has 0 spiro atoms. The zero-order valence-electron chi connectivity index (χ0n) is 13.0. The molecule has 23 heavy (non-hydrogen) atoms. The average Bonchev–Trinajstić information content (AvgIpc) is 3.15. The predicted octanol–water partition coefficient (Wildman–Crippen LogP) is 4.13. The molecular formula is C18H19BrN2O2. The highest BCUT2D eigenvalue weighted by molar-refractivity contribution is 9.10. The van der Waals surface area contributed by atoms with E-state index in [-0.39, 0.29) is 11.9 Å². The fourth-order valence-electron chi connectivity index (χ4n) is 2.66. The quantitative estimate of drug-likeness (QED) is 0.704. The minimum absolute atomic E-state index is 0.0226. The maximum absolute atomic E-state index is 12.2. The molecule has 0 saturated carbocycles. The van der Waals surface area contributed by atoms with Crippen LogP contribution in [0.2, 0.25) is 0 Å². The van der Waals surface area contributed by atoms with Gasteiger partial charge in [0.2, 0.25) is 5.91 Å². The lowest BCUT2D eigenvalue weighted by molar-refractivity contribution is -0.122. The number of nitrogens with zero attached hydrogens (tertiary/aromatic N) is 1. The fourth-order valence-corrected chi connectivity index (χ4v) is 3.00. The van der Waals surface area contributed by atoms with Crippen LogP contribution in [-0.2, 0) is 17.8 Å². The topological polar surface area (TPSA) is 47.2 Å². The highest BCUT2D eigenvalue weighted by Gasteiger charge is 2.10. The van der Waals surface area contributed by atoms with E-state index in [0.29, 0.717) is 6.54 Å². The number of furan rings is 1. The van der Waals surface area contributed by atoms with Crippen LogP contribution in [0.15, 0.2) is 57.7 Å². The first-order valence-electron chi connectivity index (χ1n) is 7.68. The number of nitrogens with one attached hydrogen (secondary N) is 1. The molecule has 3 rings (SSSR count). The Morgan fingerprint density at radius 3 is 3.00 bits per heavy atom. The number of rotatable bonds is 6. The van der Waals surface area contributed by atoms with Gasteiger partial charge >= 0.3 is 0 Å². The van der Waals surface area contributed by atoms with Crippen molar-refractivity contribution in [2.75, 3.05) is 0 Å².